The summed E-state index contributed by atoms with van der Waals surface area (Å²) in [5.41, 5.74) is 3.63. The molecule has 200 valence electrons. The zero-order valence-electron chi connectivity index (χ0n) is 20.9. The van der Waals surface area contributed by atoms with Crippen LogP contribution in [0.5, 0.6) is 11.5 Å². The summed E-state index contributed by atoms with van der Waals surface area (Å²) in [5, 5.41) is 3.07. The summed E-state index contributed by atoms with van der Waals surface area (Å²) in [6.45, 7) is 0. The minimum absolute atomic E-state index is 0.159. The van der Waals surface area contributed by atoms with E-state index in [0.717, 1.165) is 28.9 Å². The number of ether oxygens (including phenoxy) is 1. The number of hydrogen-bond donors (Lipinski definition) is 3. The van der Waals surface area contributed by atoms with Crippen LogP contribution >= 0.6 is 12.6 Å². The normalized spacial score (nSPS) is 11.6. The smallest absolute Gasteiger partial charge is 0.416 e. The zero-order valence-corrected chi connectivity index (χ0v) is 21.8. The summed E-state index contributed by atoms with van der Waals surface area (Å²) in [4.78, 5) is 17.0. The number of thiol groups is 1. The van der Waals surface area contributed by atoms with Crippen molar-refractivity contribution in [3.8, 4) is 34.3 Å². The Balaban J connectivity index is 1.22. The Kier molecular flexibility index (Phi) is 6.43. The summed E-state index contributed by atoms with van der Waals surface area (Å²) in [6, 6.07) is 22.2. The number of hydrogen-bond acceptors (Lipinski definition) is 6. The number of rotatable bonds is 6. The zero-order chi connectivity index (χ0) is 27.9. The highest BCUT2D eigenvalue weighted by atomic mass is 32.1. The number of nitrogens with zero attached hydrogens (tertiary/aromatic N) is 4. The third kappa shape index (κ3) is 5.10. The van der Waals surface area contributed by atoms with Crippen molar-refractivity contribution in [3.05, 3.63) is 96.8 Å². The maximum Gasteiger partial charge on any atom is 0.416 e. The predicted octanol–water partition coefficient (Wildman–Crippen LogP) is 7.87. The molecule has 11 heteroatoms. The van der Waals surface area contributed by atoms with E-state index < -0.39 is 11.7 Å². The van der Waals surface area contributed by atoms with Crippen LogP contribution in [0.15, 0.2) is 96.2 Å². The minimum Gasteiger partial charge on any atom is -0.457 e. The first kappa shape index (κ1) is 25.5. The van der Waals surface area contributed by atoms with Gasteiger partial charge in [-0.25, -0.2) is 9.97 Å². The maximum atomic E-state index is 13.0. The molecule has 0 radical (unpaired) electrons. The van der Waals surface area contributed by atoms with Crippen LogP contribution in [0.3, 0.4) is 0 Å². The van der Waals surface area contributed by atoms with Crippen molar-refractivity contribution in [1.82, 2.24) is 24.5 Å². The predicted molar refractivity (Wildman–Crippen MR) is 150 cm³/mol. The number of nitrogens with one attached hydrogen (secondary N) is 2. The third-order valence-electron chi connectivity index (χ3n) is 6.29. The van der Waals surface area contributed by atoms with Gasteiger partial charge < -0.3 is 19.6 Å². The second kappa shape index (κ2) is 10.1. The standard InChI is InChI=1S/C29H21F3N6OS/c1-38-25-10-8-19(14-22(25)37-28(38)36-21-9-7-18(13-26(21)40)29(30,31)32)39-20-11-12-33-23(15-20)27-34-16-24(35-27)17-5-3-2-4-6-17/h2-16,40H,1H3,(H,34,35)(H,36,37). The number of fused-ring (bicyclic) bond motifs is 1. The largest absolute Gasteiger partial charge is 0.457 e. The summed E-state index contributed by atoms with van der Waals surface area (Å²) in [7, 11) is 1.81. The molecular weight excluding hydrogens is 537 g/mol. The lowest BCUT2D eigenvalue weighted by atomic mass is 10.2. The van der Waals surface area contributed by atoms with E-state index in [1.807, 2.05) is 49.5 Å². The Hall–Kier alpha value is -4.77. The van der Waals surface area contributed by atoms with Gasteiger partial charge in [0.25, 0.3) is 0 Å². The molecule has 0 saturated carbocycles. The van der Waals surface area contributed by atoms with Gasteiger partial charge in [0.1, 0.15) is 17.2 Å². The lowest BCUT2D eigenvalue weighted by molar-refractivity contribution is -0.137. The van der Waals surface area contributed by atoms with E-state index >= 15 is 0 Å². The number of imidazole rings is 2. The molecule has 3 aromatic carbocycles. The molecular formula is C29H21F3N6OS. The van der Waals surface area contributed by atoms with Crippen molar-refractivity contribution in [2.45, 2.75) is 11.1 Å². The van der Waals surface area contributed by atoms with Gasteiger partial charge in [-0.15, -0.1) is 12.6 Å². The lowest BCUT2D eigenvalue weighted by Crippen LogP contribution is -2.06. The molecule has 40 heavy (non-hydrogen) atoms. The van der Waals surface area contributed by atoms with Crippen LogP contribution in [-0.4, -0.2) is 24.5 Å². The fraction of sp³-hybridized carbons (Fsp3) is 0.0690. The molecule has 0 spiro atoms. The van der Waals surface area contributed by atoms with Gasteiger partial charge in [-0.2, -0.15) is 13.2 Å². The van der Waals surface area contributed by atoms with Gasteiger partial charge in [0.05, 0.1) is 34.2 Å². The van der Waals surface area contributed by atoms with Crippen molar-refractivity contribution in [2.75, 3.05) is 5.32 Å². The Labute approximate surface area is 232 Å². The number of alkyl halides is 3. The van der Waals surface area contributed by atoms with Gasteiger partial charge in [0, 0.05) is 30.3 Å². The molecule has 0 fully saturated rings. The monoisotopic (exact) mass is 558 g/mol. The van der Waals surface area contributed by atoms with Crippen LogP contribution < -0.4 is 10.1 Å². The Morgan fingerprint density at radius 3 is 2.50 bits per heavy atom. The van der Waals surface area contributed by atoms with Gasteiger partial charge >= 0.3 is 6.18 Å². The van der Waals surface area contributed by atoms with Crippen LogP contribution in [0.1, 0.15) is 5.56 Å². The van der Waals surface area contributed by atoms with Gasteiger partial charge in [0.15, 0.2) is 5.82 Å². The quantitative estimate of drug-likeness (QED) is 0.181. The van der Waals surface area contributed by atoms with E-state index in [1.54, 1.807) is 35.2 Å². The number of anilines is 2. The average Bonchev–Trinajstić information content (AvgIpc) is 3.55. The highest BCUT2D eigenvalue weighted by Crippen LogP contribution is 2.35. The molecule has 0 aliphatic rings. The number of aromatic amines is 1. The van der Waals surface area contributed by atoms with Crippen molar-refractivity contribution < 1.29 is 17.9 Å². The van der Waals surface area contributed by atoms with E-state index in [9.17, 15) is 13.2 Å². The SMILES string of the molecule is Cn1c(Nc2ccc(C(F)(F)F)cc2S)nc2cc(Oc3ccnc(-c4ncc(-c5ccccc5)[nH]4)c3)ccc21. The van der Waals surface area contributed by atoms with Crippen LogP contribution in [0.4, 0.5) is 24.8 Å². The topological polar surface area (TPSA) is 80.7 Å². The van der Waals surface area contributed by atoms with Crippen LogP contribution in [-0.2, 0) is 13.2 Å². The first-order valence-corrected chi connectivity index (χ1v) is 12.6. The molecule has 3 aromatic heterocycles. The number of benzene rings is 3. The van der Waals surface area contributed by atoms with E-state index in [1.165, 1.54) is 6.07 Å². The Bertz CT molecular complexity index is 1830. The molecule has 7 nitrogen and oxygen atoms in total. The minimum atomic E-state index is -4.44. The number of pyridine rings is 1. The summed E-state index contributed by atoms with van der Waals surface area (Å²) < 4.78 is 46.9. The number of aromatic nitrogens is 5. The van der Waals surface area contributed by atoms with E-state index in [-0.39, 0.29) is 4.90 Å². The highest BCUT2D eigenvalue weighted by molar-refractivity contribution is 7.80. The Morgan fingerprint density at radius 1 is 0.925 bits per heavy atom. The van der Waals surface area contributed by atoms with Gasteiger partial charge in [-0.3, -0.25) is 4.98 Å². The molecule has 6 rings (SSSR count). The average molecular weight is 559 g/mol. The molecule has 0 amide bonds. The fourth-order valence-corrected chi connectivity index (χ4v) is 4.51. The molecule has 0 bridgehead atoms. The highest BCUT2D eigenvalue weighted by Gasteiger charge is 2.30. The number of H-pyrrole nitrogens is 1. The summed E-state index contributed by atoms with van der Waals surface area (Å²) in [5.74, 6) is 2.19. The first-order valence-electron chi connectivity index (χ1n) is 12.1. The van der Waals surface area contributed by atoms with E-state index in [2.05, 4.69) is 37.9 Å². The van der Waals surface area contributed by atoms with Crippen LogP contribution in [0, 0.1) is 0 Å². The fourth-order valence-electron chi connectivity index (χ4n) is 4.25. The molecule has 2 N–H and O–H groups in total. The van der Waals surface area contributed by atoms with Crippen molar-refractivity contribution in [3.63, 3.8) is 0 Å². The maximum absolute atomic E-state index is 13.0. The van der Waals surface area contributed by atoms with E-state index in [4.69, 9.17) is 4.74 Å². The van der Waals surface area contributed by atoms with Crippen molar-refractivity contribution in [2.24, 2.45) is 7.05 Å². The molecule has 0 unspecified atom stereocenters. The van der Waals surface area contributed by atoms with Crippen molar-refractivity contribution in [1.29, 1.82) is 0 Å². The summed E-state index contributed by atoms with van der Waals surface area (Å²) >= 11 is 4.22. The van der Waals surface area contributed by atoms with Crippen LogP contribution in [0.25, 0.3) is 33.8 Å². The van der Waals surface area contributed by atoms with E-state index in [0.29, 0.717) is 40.2 Å². The second-order valence-corrected chi connectivity index (χ2v) is 9.47. The molecule has 0 aliphatic carbocycles. The first-order chi connectivity index (χ1) is 19.2. The second-order valence-electron chi connectivity index (χ2n) is 8.99. The van der Waals surface area contributed by atoms with Crippen molar-refractivity contribution >= 4 is 35.3 Å². The number of halogens is 3. The number of aryl methyl sites for hydroxylation is 1. The van der Waals surface area contributed by atoms with Crippen LogP contribution in [0.2, 0.25) is 0 Å². The Morgan fingerprint density at radius 2 is 1.73 bits per heavy atom. The molecule has 0 aliphatic heterocycles. The van der Waals surface area contributed by atoms with Gasteiger partial charge in [-0.05, 0) is 42.0 Å². The van der Waals surface area contributed by atoms with Gasteiger partial charge in [-0.1, -0.05) is 30.3 Å². The molecule has 3 heterocycles. The lowest BCUT2D eigenvalue weighted by Gasteiger charge is -2.12. The molecule has 0 atom stereocenters. The summed E-state index contributed by atoms with van der Waals surface area (Å²) in [6.07, 6.45) is -1.03. The molecule has 6 aromatic rings. The van der Waals surface area contributed by atoms with Gasteiger partial charge in [0.2, 0.25) is 5.95 Å². The third-order valence-corrected chi connectivity index (χ3v) is 6.66. The molecule has 0 saturated heterocycles.